The maximum Gasteiger partial charge on any atom is 0.410 e. The van der Waals surface area contributed by atoms with Crippen LogP contribution in [0, 0.1) is 0 Å². The number of aliphatic hydroxyl groups is 1. The van der Waals surface area contributed by atoms with Crippen molar-refractivity contribution in [3.63, 3.8) is 0 Å². The van der Waals surface area contributed by atoms with Crippen LogP contribution in [-0.2, 0) is 17.7 Å². The smallest absolute Gasteiger partial charge is 0.410 e. The number of carbonyl (C=O) groups is 2. The van der Waals surface area contributed by atoms with E-state index in [9.17, 15) is 14.7 Å². The molecule has 0 saturated carbocycles. The van der Waals surface area contributed by atoms with Crippen LogP contribution >= 0.6 is 0 Å². The summed E-state index contributed by atoms with van der Waals surface area (Å²) in [5.41, 5.74) is 1.22. The minimum absolute atomic E-state index is 0.0852. The highest BCUT2D eigenvalue weighted by molar-refractivity contribution is 5.93. The summed E-state index contributed by atoms with van der Waals surface area (Å²) in [6.45, 7) is 12.0. The quantitative estimate of drug-likeness (QED) is 0.562. The van der Waals surface area contributed by atoms with Crippen molar-refractivity contribution in [2.24, 2.45) is 0 Å². The van der Waals surface area contributed by atoms with Crippen LogP contribution in [0.3, 0.4) is 0 Å². The van der Waals surface area contributed by atoms with E-state index in [0.717, 1.165) is 5.69 Å². The molecule has 1 atom stereocenters. The Morgan fingerprint density at radius 2 is 2.14 bits per heavy atom. The lowest BCUT2D eigenvalue weighted by Crippen LogP contribution is -2.47. The third-order valence-electron chi connectivity index (χ3n) is 4.56. The van der Waals surface area contributed by atoms with Crippen LogP contribution in [0.25, 0.3) is 0 Å². The van der Waals surface area contributed by atoms with E-state index >= 15 is 0 Å². The zero-order valence-electron chi connectivity index (χ0n) is 17.4. The van der Waals surface area contributed by atoms with Gasteiger partial charge in [0.15, 0.2) is 0 Å². The number of nitrogens with one attached hydrogen (secondary N) is 1. The monoisotopic (exact) mass is 393 g/mol. The molecular weight excluding hydrogens is 362 g/mol. The molecule has 1 aliphatic rings. The predicted octanol–water partition coefficient (Wildman–Crippen LogP) is 1.56. The summed E-state index contributed by atoms with van der Waals surface area (Å²) in [5.74, 6) is -0.289. The van der Waals surface area contributed by atoms with Crippen molar-refractivity contribution in [1.82, 2.24) is 25.1 Å². The van der Waals surface area contributed by atoms with E-state index in [-0.39, 0.29) is 25.1 Å². The summed E-state index contributed by atoms with van der Waals surface area (Å²) < 4.78 is 5.50. The van der Waals surface area contributed by atoms with Gasteiger partial charge in [-0.3, -0.25) is 14.9 Å². The lowest BCUT2D eigenvalue weighted by Gasteiger charge is -2.35. The first-order valence-corrected chi connectivity index (χ1v) is 9.39. The number of aromatic nitrogens is 2. The number of ether oxygens (including phenoxy) is 1. The van der Waals surface area contributed by atoms with Gasteiger partial charge in [0.2, 0.25) is 0 Å². The number of rotatable bonds is 6. The molecular formula is C19H31N5O4. The van der Waals surface area contributed by atoms with Crippen LogP contribution in [-0.4, -0.2) is 80.6 Å². The molecule has 0 bridgehead atoms. The molecule has 2 amide bonds. The first-order valence-electron chi connectivity index (χ1n) is 9.39. The number of aromatic amines is 1. The summed E-state index contributed by atoms with van der Waals surface area (Å²) in [6, 6.07) is -0.0852. The van der Waals surface area contributed by atoms with E-state index in [1.807, 2.05) is 27.7 Å². The summed E-state index contributed by atoms with van der Waals surface area (Å²) in [7, 11) is 1.63. The molecule has 0 unspecified atom stereocenters. The van der Waals surface area contributed by atoms with E-state index in [1.54, 1.807) is 23.0 Å². The average molecular weight is 393 g/mol. The van der Waals surface area contributed by atoms with E-state index in [1.165, 1.54) is 5.01 Å². The van der Waals surface area contributed by atoms with Crippen LogP contribution < -0.4 is 0 Å². The van der Waals surface area contributed by atoms with Crippen molar-refractivity contribution in [2.45, 2.75) is 52.3 Å². The van der Waals surface area contributed by atoms with Crippen LogP contribution in [0.2, 0.25) is 0 Å². The Morgan fingerprint density at radius 1 is 1.46 bits per heavy atom. The molecule has 0 aliphatic carbocycles. The zero-order valence-corrected chi connectivity index (χ0v) is 17.4. The van der Waals surface area contributed by atoms with Gasteiger partial charge in [-0.05, 0) is 27.7 Å². The minimum Gasteiger partial charge on any atom is -0.444 e. The summed E-state index contributed by atoms with van der Waals surface area (Å²) in [6.07, 6.45) is 1.79. The Kier molecular flexibility index (Phi) is 6.84. The summed E-state index contributed by atoms with van der Waals surface area (Å²) >= 11 is 0. The van der Waals surface area contributed by atoms with Gasteiger partial charge in [0.25, 0.3) is 5.91 Å². The number of H-pyrrole nitrogens is 1. The molecule has 156 valence electrons. The normalized spacial score (nSPS) is 16.7. The summed E-state index contributed by atoms with van der Waals surface area (Å²) in [5, 5.41) is 19.5. The molecule has 28 heavy (non-hydrogen) atoms. The van der Waals surface area contributed by atoms with Crippen LogP contribution in [0.1, 0.15) is 49.4 Å². The standard InChI is InChI=1S/C19H31N5O4/c1-7-8-23(9-10-25)22(6)17(26)16-14-12-24(18(27)28-19(3,4)5)13(2)11-15(14)20-21-16/h7,13,25H,1,8-12H2,2-6H3,(H,20,21)/t13-/m1/s1. The molecule has 1 aliphatic heterocycles. The number of amides is 2. The first-order chi connectivity index (χ1) is 13.1. The Bertz CT molecular complexity index is 724. The van der Waals surface area contributed by atoms with Gasteiger partial charge in [0.1, 0.15) is 11.3 Å². The van der Waals surface area contributed by atoms with Gasteiger partial charge in [0, 0.05) is 38.2 Å². The lowest BCUT2D eigenvalue weighted by molar-refractivity contribution is 0.00315. The van der Waals surface area contributed by atoms with Crippen molar-refractivity contribution in [1.29, 1.82) is 0 Å². The molecule has 2 N–H and O–H groups in total. The molecule has 2 rings (SSSR count). The largest absolute Gasteiger partial charge is 0.444 e. The van der Waals surface area contributed by atoms with Crippen molar-refractivity contribution < 1.29 is 19.4 Å². The zero-order chi connectivity index (χ0) is 21.1. The van der Waals surface area contributed by atoms with E-state index < -0.39 is 11.7 Å². The third kappa shape index (κ3) is 4.90. The number of nitrogens with zero attached hydrogens (tertiary/aromatic N) is 4. The first kappa shape index (κ1) is 21.9. The summed E-state index contributed by atoms with van der Waals surface area (Å²) in [4.78, 5) is 27.2. The molecule has 1 aromatic rings. The van der Waals surface area contributed by atoms with Crippen molar-refractivity contribution >= 4 is 12.0 Å². The second kappa shape index (κ2) is 8.74. The molecule has 9 heteroatoms. The highest BCUT2D eigenvalue weighted by atomic mass is 16.6. The topological polar surface area (TPSA) is 102 Å². The van der Waals surface area contributed by atoms with Gasteiger partial charge >= 0.3 is 6.09 Å². The van der Waals surface area contributed by atoms with E-state index in [4.69, 9.17) is 4.74 Å². The molecule has 0 aromatic carbocycles. The van der Waals surface area contributed by atoms with Crippen LogP contribution in [0.4, 0.5) is 4.79 Å². The lowest BCUT2D eigenvalue weighted by atomic mass is 10.00. The number of aliphatic hydroxyl groups excluding tert-OH is 1. The van der Waals surface area contributed by atoms with Gasteiger partial charge < -0.3 is 14.7 Å². The van der Waals surface area contributed by atoms with Crippen molar-refractivity contribution in [2.75, 3.05) is 26.7 Å². The second-order valence-corrected chi connectivity index (χ2v) is 7.94. The number of carbonyl (C=O) groups excluding carboxylic acids is 2. The van der Waals surface area contributed by atoms with Gasteiger partial charge in [-0.25, -0.2) is 9.80 Å². The van der Waals surface area contributed by atoms with Gasteiger partial charge in [-0.1, -0.05) is 6.08 Å². The highest BCUT2D eigenvalue weighted by Gasteiger charge is 2.35. The molecule has 0 saturated heterocycles. The fourth-order valence-corrected chi connectivity index (χ4v) is 3.12. The molecule has 1 aromatic heterocycles. The Hall–Kier alpha value is -2.39. The fraction of sp³-hybridized carbons (Fsp3) is 0.632. The Balaban J connectivity index is 2.24. The average Bonchev–Trinajstić information content (AvgIpc) is 3.00. The molecule has 0 radical (unpaired) electrons. The third-order valence-corrected chi connectivity index (χ3v) is 4.56. The maximum atomic E-state index is 13.0. The second-order valence-electron chi connectivity index (χ2n) is 7.94. The number of hydrazine groups is 1. The fourth-order valence-electron chi connectivity index (χ4n) is 3.12. The molecule has 0 fully saturated rings. The van der Waals surface area contributed by atoms with Gasteiger partial charge in [0.05, 0.1) is 18.8 Å². The maximum absolute atomic E-state index is 13.0. The van der Waals surface area contributed by atoms with Crippen LogP contribution in [0.5, 0.6) is 0 Å². The number of hydrogen-bond donors (Lipinski definition) is 2. The van der Waals surface area contributed by atoms with E-state index in [0.29, 0.717) is 30.8 Å². The molecule has 2 heterocycles. The Morgan fingerprint density at radius 3 is 2.71 bits per heavy atom. The number of hydrogen-bond acceptors (Lipinski definition) is 6. The predicted molar refractivity (Wildman–Crippen MR) is 104 cm³/mol. The van der Waals surface area contributed by atoms with Crippen molar-refractivity contribution in [3.8, 4) is 0 Å². The van der Waals surface area contributed by atoms with E-state index in [2.05, 4.69) is 16.8 Å². The highest BCUT2D eigenvalue weighted by Crippen LogP contribution is 2.26. The van der Waals surface area contributed by atoms with Crippen LogP contribution in [0.15, 0.2) is 12.7 Å². The molecule has 9 nitrogen and oxygen atoms in total. The SMILES string of the molecule is C=CCN(CCO)N(C)C(=O)c1[nH]nc2c1CN(C(=O)OC(C)(C)C)[C@H](C)C2. The number of fused-ring (bicyclic) bond motifs is 1. The minimum atomic E-state index is -0.595. The Labute approximate surface area is 165 Å². The molecule has 0 spiro atoms. The van der Waals surface area contributed by atoms with Crippen molar-refractivity contribution in [3.05, 3.63) is 29.6 Å². The van der Waals surface area contributed by atoms with Gasteiger partial charge in [-0.15, -0.1) is 6.58 Å². The van der Waals surface area contributed by atoms with Gasteiger partial charge in [-0.2, -0.15) is 5.10 Å².